The third-order valence-corrected chi connectivity index (χ3v) is 2.66. The van der Waals surface area contributed by atoms with Crippen LogP contribution in [-0.4, -0.2) is 28.4 Å². The van der Waals surface area contributed by atoms with Gasteiger partial charge in [0, 0.05) is 13.1 Å². The summed E-state index contributed by atoms with van der Waals surface area (Å²) < 4.78 is 0. The Morgan fingerprint density at radius 3 is 2.47 bits per heavy atom. The van der Waals surface area contributed by atoms with E-state index in [4.69, 9.17) is 5.11 Å². The maximum absolute atomic E-state index is 11.6. The molecule has 92 valence electrons. The van der Waals surface area contributed by atoms with Crippen LogP contribution in [0.25, 0.3) is 0 Å². The number of hydrogen-bond acceptors (Lipinski definition) is 2. The molecule has 0 aliphatic heterocycles. The van der Waals surface area contributed by atoms with Crippen LogP contribution < -0.4 is 0 Å². The number of nitrogens with zero attached hydrogens (tertiary/aromatic N) is 1. The van der Waals surface area contributed by atoms with Crippen LogP contribution in [0, 0.1) is 6.92 Å². The summed E-state index contributed by atoms with van der Waals surface area (Å²) in [5, 5.41) is 8.60. The Morgan fingerprint density at radius 2 is 1.94 bits per heavy atom. The molecule has 0 radical (unpaired) electrons. The van der Waals surface area contributed by atoms with Crippen LogP contribution in [0.2, 0.25) is 0 Å². The van der Waals surface area contributed by atoms with Gasteiger partial charge in [0.1, 0.15) is 6.42 Å². The Balaban J connectivity index is 2.73. The second-order valence-corrected chi connectivity index (χ2v) is 3.90. The first kappa shape index (κ1) is 13.2. The van der Waals surface area contributed by atoms with Gasteiger partial charge in [-0.2, -0.15) is 0 Å². The van der Waals surface area contributed by atoms with Gasteiger partial charge in [0.15, 0.2) is 0 Å². The number of benzene rings is 1. The van der Waals surface area contributed by atoms with Gasteiger partial charge in [-0.05, 0) is 25.0 Å². The molecular formula is C13H17NO3. The molecule has 0 aliphatic carbocycles. The van der Waals surface area contributed by atoms with Gasteiger partial charge in [-0.15, -0.1) is 0 Å². The molecule has 4 nitrogen and oxygen atoms in total. The quantitative estimate of drug-likeness (QED) is 0.792. The summed E-state index contributed by atoms with van der Waals surface area (Å²) in [4.78, 5) is 23.7. The summed E-state index contributed by atoms with van der Waals surface area (Å²) in [6.45, 7) is 4.80. The predicted molar refractivity (Wildman–Crippen MR) is 64.5 cm³/mol. The van der Waals surface area contributed by atoms with Crippen molar-refractivity contribution < 1.29 is 14.7 Å². The highest BCUT2D eigenvalue weighted by Crippen LogP contribution is 2.11. The maximum atomic E-state index is 11.6. The fraction of sp³-hybridized carbons (Fsp3) is 0.385. The molecule has 1 N–H and O–H groups in total. The van der Waals surface area contributed by atoms with Crippen molar-refractivity contribution in [2.24, 2.45) is 0 Å². The molecular weight excluding hydrogens is 218 g/mol. The van der Waals surface area contributed by atoms with Crippen molar-refractivity contribution in [3.05, 3.63) is 35.4 Å². The molecule has 0 aromatic heterocycles. The topological polar surface area (TPSA) is 57.6 Å². The molecule has 1 amide bonds. The minimum Gasteiger partial charge on any atom is -0.481 e. The van der Waals surface area contributed by atoms with E-state index in [2.05, 4.69) is 0 Å². The number of carboxylic acids is 1. The van der Waals surface area contributed by atoms with Gasteiger partial charge < -0.3 is 10.0 Å². The fourth-order valence-electron chi connectivity index (χ4n) is 1.61. The zero-order chi connectivity index (χ0) is 12.8. The van der Waals surface area contributed by atoms with Crippen LogP contribution >= 0.6 is 0 Å². The molecule has 0 unspecified atom stereocenters. The first-order valence-electron chi connectivity index (χ1n) is 5.58. The normalized spacial score (nSPS) is 10.0. The molecule has 0 saturated carbocycles. The standard InChI is InChI=1S/C13H17NO3/c1-3-14(12(15)8-13(16)17)9-11-7-5-4-6-10(11)2/h4-7H,3,8-9H2,1-2H3,(H,16,17). The molecule has 0 fully saturated rings. The monoisotopic (exact) mass is 235 g/mol. The van der Waals surface area contributed by atoms with Crippen LogP contribution in [0.3, 0.4) is 0 Å². The number of aryl methyl sites for hydroxylation is 1. The SMILES string of the molecule is CCN(Cc1ccccc1C)C(=O)CC(=O)O. The molecule has 0 bridgehead atoms. The van der Waals surface area contributed by atoms with E-state index in [1.165, 1.54) is 0 Å². The summed E-state index contributed by atoms with van der Waals surface area (Å²) in [6, 6.07) is 7.78. The first-order chi connectivity index (χ1) is 8.04. The van der Waals surface area contributed by atoms with Gasteiger partial charge in [-0.1, -0.05) is 24.3 Å². The van der Waals surface area contributed by atoms with E-state index in [1.54, 1.807) is 4.90 Å². The summed E-state index contributed by atoms with van der Waals surface area (Å²) in [5.74, 6) is -1.43. The lowest BCUT2D eigenvalue weighted by atomic mass is 10.1. The molecule has 17 heavy (non-hydrogen) atoms. The molecule has 0 spiro atoms. The van der Waals surface area contributed by atoms with Gasteiger partial charge in [-0.3, -0.25) is 9.59 Å². The van der Waals surface area contributed by atoms with Crippen LogP contribution in [0.4, 0.5) is 0 Å². The Bertz CT molecular complexity index is 415. The molecule has 0 aliphatic rings. The van der Waals surface area contributed by atoms with Crippen molar-refractivity contribution >= 4 is 11.9 Å². The van der Waals surface area contributed by atoms with E-state index in [0.29, 0.717) is 13.1 Å². The minimum atomic E-state index is -1.08. The van der Waals surface area contributed by atoms with Crippen molar-refractivity contribution in [1.82, 2.24) is 4.90 Å². The fourth-order valence-corrected chi connectivity index (χ4v) is 1.61. The molecule has 0 atom stereocenters. The highest BCUT2D eigenvalue weighted by molar-refractivity contribution is 5.93. The lowest BCUT2D eigenvalue weighted by Crippen LogP contribution is -2.32. The van der Waals surface area contributed by atoms with E-state index >= 15 is 0 Å². The van der Waals surface area contributed by atoms with Crippen molar-refractivity contribution in [3.8, 4) is 0 Å². The lowest BCUT2D eigenvalue weighted by Gasteiger charge is -2.21. The first-order valence-corrected chi connectivity index (χ1v) is 5.58. The van der Waals surface area contributed by atoms with Crippen LogP contribution in [0.1, 0.15) is 24.5 Å². The van der Waals surface area contributed by atoms with Gasteiger partial charge in [-0.25, -0.2) is 0 Å². The van der Waals surface area contributed by atoms with E-state index in [9.17, 15) is 9.59 Å². The second kappa shape index (κ2) is 6.03. The van der Waals surface area contributed by atoms with Crippen molar-refractivity contribution in [2.45, 2.75) is 26.8 Å². The van der Waals surface area contributed by atoms with E-state index in [0.717, 1.165) is 11.1 Å². The minimum absolute atomic E-state index is 0.344. The van der Waals surface area contributed by atoms with E-state index in [-0.39, 0.29) is 5.91 Å². The van der Waals surface area contributed by atoms with Crippen molar-refractivity contribution in [1.29, 1.82) is 0 Å². The number of hydrogen-bond donors (Lipinski definition) is 1. The molecule has 1 rings (SSSR count). The lowest BCUT2D eigenvalue weighted by molar-refractivity contribution is -0.144. The smallest absolute Gasteiger partial charge is 0.312 e. The summed E-state index contributed by atoms with van der Waals surface area (Å²) >= 11 is 0. The van der Waals surface area contributed by atoms with Crippen LogP contribution in [0.5, 0.6) is 0 Å². The zero-order valence-electron chi connectivity index (χ0n) is 10.1. The van der Waals surface area contributed by atoms with E-state index in [1.807, 2.05) is 38.1 Å². The number of carboxylic acid groups (broad SMARTS) is 1. The highest BCUT2D eigenvalue weighted by atomic mass is 16.4. The van der Waals surface area contributed by atoms with Crippen molar-refractivity contribution in [3.63, 3.8) is 0 Å². The van der Waals surface area contributed by atoms with Crippen LogP contribution in [-0.2, 0) is 16.1 Å². The predicted octanol–water partition coefficient (Wildman–Crippen LogP) is 1.82. The summed E-state index contributed by atoms with van der Waals surface area (Å²) in [5.41, 5.74) is 2.15. The average Bonchev–Trinajstić information content (AvgIpc) is 2.27. The zero-order valence-corrected chi connectivity index (χ0v) is 10.1. The van der Waals surface area contributed by atoms with Gasteiger partial charge >= 0.3 is 5.97 Å². The van der Waals surface area contributed by atoms with Crippen molar-refractivity contribution in [2.75, 3.05) is 6.54 Å². The number of amides is 1. The number of carbonyl (C=O) groups is 2. The molecule has 0 heterocycles. The Kier molecular flexibility index (Phi) is 4.69. The molecule has 1 aromatic rings. The number of aliphatic carboxylic acids is 1. The molecule has 4 heteroatoms. The average molecular weight is 235 g/mol. The Labute approximate surface area is 101 Å². The largest absolute Gasteiger partial charge is 0.481 e. The highest BCUT2D eigenvalue weighted by Gasteiger charge is 2.15. The van der Waals surface area contributed by atoms with Crippen LogP contribution in [0.15, 0.2) is 24.3 Å². The van der Waals surface area contributed by atoms with Gasteiger partial charge in [0.05, 0.1) is 0 Å². The van der Waals surface area contributed by atoms with E-state index < -0.39 is 12.4 Å². The molecule has 1 aromatic carbocycles. The summed E-state index contributed by atoms with van der Waals surface area (Å²) in [7, 11) is 0. The van der Waals surface area contributed by atoms with Gasteiger partial charge in [0.2, 0.25) is 5.91 Å². The third-order valence-electron chi connectivity index (χ3n) is 2.66. The second-order valence-electron chi connectivity index (χ2n) is 3.90. The summed E-state index contributed by atoms with van der Waals surface area (Å²) in [6.07, 6.45) is -0.445. The third kappa shape index (κ3) is 3.90. The Hall–Kier alpha value is -1.84. The number of carbonyl (C=O) groups excluding carboxylic acids is 1. The number of rotatable bonds is 5. The molecule has 0 saturated heterocycles. The maximum Gasteiger partial charge on any atom is 0.312 e. The Morgan fingerprint density at radius 1 is 1.29 bits per heavy atom. The van der Waals surface area contributed by atoms with Gasteiger partial charge in [0.25, 0.3) is 0 Å².